The fourth-order valence-electron chi connectivity index (χ4n) is 1.89. The Kier molecular flexibility index (Phi) is 5.94. The van der Waals surface area contributed by atoms with Crippen molar-refractivity contribution in [3.05, 3.63) is 57.6 Å². The van der Waals surface area contributed by atoms with Crippen LogP contribution >= 0.6 is 35.4 Å². The molecular weight excluding hydrogens is 425 g/mol. The summed E-state index contributed by atoms with van der Waals surface area (Å²) in [5.41, 5.74) is -3.02. The van der Waals surface area contributed by atoms with Gasteiger partial charge in [-0.05, 0) is 48.6 Å². The highest BCUT2D eigenvalue weighted by Gasteiger charge is 2.37. The SMILES string of the molecule is FC(F)(F)c1cc(NC(=S)Nc2ccc(Cl)c(Cl)c2)cc(C(F)(F)F)c1. The summed E-state index contributed by atoms with van der Waals surface area (Å²) in [4.78, 5) is 0. The average molecular weight is 433 g/mol. The van der Waals surface area contributed by atoms with Crippen LogP contribution in [0.4, 0.5) is 37.7 Å². The predicted octanol–water partition coefficient (Wildman–Crippen LogP) is 6.84. The quantitative estimate of drug-likeness (QED) is 0.401. The van der Waals surface area contributed by atoms with Crippen molar-refractivity contribution in [3.63, 3.8) is 0 Å². The second-order valence-electron chi connectivity index (χ2n) is 5.00. The van der Waals surface area contributed by atoms with E-state index in [9.17, 15) is 26.3 Å². The van der Waals surface area contributed by atoms with Crippen LogP contribution in [0.25, 0.3) is 0 Å². The van der Waals surface area contributed by atoms with Gasteiger partial charge in [0.25, 0.3) is 0 Å². The zero-order valence-electron chi connectivity index (χ0n) is 12.4. The van der Waals surface area contributed by atoms with Crippen LogP contribution in [0.1, 0.15) is 11.1 Å². The molecular formula is C15H8Cl2F6N2S. The average Bonchev–Trinajstić information content (AvgIpc) is 2.49. The first-order chi connectivity index (χ1) is 11.9. The van der Waals surface area contributed by atoms with Gasteiger partial charge in [-0.15, -0.1) is 0 Å². The molecule has 0 aliphatic heterocycles. The molecule has 2 aromatic rings. The fourth-order valence-corrected chi connectivity index (χ4v) is 2.43. The highest BCUT2D eigenvalue weighted by Crippen LogP contribution is 2.37. The van der Waals surface area contributed by atoms with E-state index in [1.165, 1.54) is 18.2 Å². The lowest BCUT2D eigenvalue weighted by Crippen LogP contribution is -2.20. The molecule has 2 rings (SSSR count). The maximum absolute atomic E-state index is 12.8. The molecule has 0 aliphatic rings. The molecule has 0 saturated carbocycles. The Hall–Kier alpha value is -1.71. The molecule has 2 nitrogen and oxygen atoms in total. The molecule has 0 heterocycles. The number of rotatable bonds is 2. The van der Waals surface area contributed by atoms with Gasteiger partial charge in [0.2, 0.25) is 0 Å². The lowest BCUT2D eigenvalue weighted by Gasteiger charge is -2.16. The molecule has 0 aliphatic carbocycles. The normalized spacial score (nSPS) is 12.0. The molecule has 0 aromatic heterocycles. The molecule has 11 heteroatoms. The minimum Gasteiger partial charge on any atom is -0.332 e. The lowest BCUT2D eigenvalue weighted by atomic mass is 10.1. The molecule has 0 radical (unpaired) electrons. The third kappa shape index (κ3) is 5.39. The van der Waals surface area contributed by atoms with E-state index in [1.807, 2.05) is 0 Å². The van der Waals surface area contributed by atoms with Gasteiger partial charge in [0.15, 0.2) is 5.11 Å². The Morgan fingerprint density at radius 3 is 1.69 bits per heavy atom. The summed E-state index contributed by atoms with van der Waals surface area (Å²) in [7, 11) is 0. The molecule has 0 saturated heterocycles. The third-order valence-corrected chi connectivity index (χ3v) is 3.97. The number of hydrogen-bond acceptors (Lipinski definition) is 1. The van der Waals surface area contributed by atoms with E-state index in [0.29, 0.717) is 17.8 Å². The van der Waals surface area contributed by atoms with Crippen LogP contribution in [-0.2, 0) is 12.4 Å². The van der Waals surface area contributed by atoms with Gasteiger partial charge in [-0.2, -0.15) is 26.3 Å². The van der Waals surface area contributed by atoms with Crippen molar-refractivity contribution >= 4 is 51.9 Å². The molecule has 140 valence electrons. The maximum Gasteiger partial charge on any atom is 0.416 e. The van der Waals surface area contributed by atoms with E-state index in [1.54, 1.807) is 0 Å². The molecule has 0 fully saturated rings. The minimum atomic E-state index is -4.95. The topological polar surface area (TPSA) is 24.1 Å². The van der Waals surface area contributed by atoms with Gasteiger partial charge in [0.05, 0.1) is 21.2 Å². The van der Waals surface area contributed by atoms with Crippen LogP contribution < -0.4 is 10.6 Å². The lowest BCUT2D eigenvalue weighted by molar-refractivity contribution is -0.143. The largest absolute Gasteiger partial charge is 0.416 e. The van der Waals surface area contributed by atoms with Gasteiger partial charge in [-0.1, -0.05) is 23.2 Å². The number of anilines is 2. The molecule has 0 unspecified atom stereocenters. The van der Waals surface area contributed by atoms with Gasteiger partial charge >= 0.3 is 12.4 Å². The van der Waals surface area contributed by atoms with Crippen LogP contribution in [0.15, 0.2) is 36.4 Å². The Labute approximate surface area is 159 Å². The van der Waals surface area contributed by atoms with Gasteiger partial charge in [0.1, 0.15) is 0 Å². The van der Waals surface area contributed by atoms with Gasteiger partial charge < -0.3 is 10.6 Å². The van der Waals surface area contributed by atoms with E-state index in [-0.39, 0.29) is 21.2 Å². The van der Waals surface area contributed by atoms with E-state index >= 15 is 0 Å². The Morgan fingerprint density at radius 1 is 0.731 bits per heavy atom. The van der Waals surface area contributed by atoms with Crippen molar-refractivity contribution in [1.82, 2.24) is 0 Å². The van der Waals surface area contributed by atoms with Crippen LogP contribution in [0.2, 0.25) is 10.0 Å². The second-order valence-corrected chi connectivity index (χ2v) is 6.23. The summed E-state index contributed by atoms with van der Waals surface area (Å²) < 4.78 is 77.0. The highest BCUT2D eigenvalue weighted by molar-refractivity contribution is 7.80. The second kappa shape index (κ2) is 7.50. The number of thiocarbonyl (C=S) groups is 1. The maximum atomic E-state index is 12.8. The molecule has 0 spiro atoms. The van der Waals surface area contributed by atoms with Crippen LogP contribution in [0.3, 0.4) is 0 Å². The zero-order valence-corrected chi connectivity index (χ0v) is 14.7. The molecule has 0 atom stereocenters. The van der Waals surface area contributed by atoms with Crippen molar-refractivity contribution in [2.24, 2.45) is 0 Å². The minimum absolute atomic E-state index is 0.0284. The first-order valence-electron chi connectivity index (χ1n) is 6.69. The Balaban J connectivity index is 2.27. The van der Waals surface area contributed by atoms with Crippen molar-refractivity contribution < 1.29 is 26.3 Å². The summed E-state index contributed by atoms with van der Waals surface area (Å²) in [6.07, 6.45) is -9.90. The number of halogens is 8. The molecule has 26 heavy (non-hydrogen) atoms. The fraction of sp³-hybridized carbons (Fsp3) is 0.133. The van der Waals surface area contributed by atoms with Gasteiger partial charge in [-0.3, -0.25) is 0 Å². The molecule has 2 aromatic carbocycles. The molecule has 0 bridgehead atoms. The molecule has 2 N–H and O–H groups in total. The summed E-state index contributed by atoms with van der Waals surface area (Å²) in [6, 6.07) is 5.40. The van der Waals surface area contributed by atoms with E-state index in [2.05, 4.69) is 10.6 Å². The number of nitrogens with one attached hydrogen (secondary N) is 2. The number of benzene rings is 2. The van der Waals surface area contributed by atoms with E-state index in [0.717, 1.165) is 0 Å². The van der Waals surface area contributed by atoms with Crippen LogP contribution in [0.5, 0.6) is 0 Å². The monoisotopic (exact) mass is 432 g/mol. The highest BCUT2D eigenvalue weighted by atomic mass is 35.5. The first-order valence-corrected chi connectivity index (χ1v) is 7.85. The van der Waals surface area contributed by atoms with E-state index in [4.69, 9.17) is 35.4 Å². The predicted molar refractivity (Wildman–Crippen MR) is 92.8 cm³/mol. The summed E-state index contributed by atoms with van der Waals surface area (Å²) in [5, 5.41) is 5.12. The number of alkyl halides is 6. The van der Waals surface area contributed by atoms with Crippen LogP contribution in [0, 0.1) is 0 Å². The van der Waals surface area contributed by atoms with Gasteiger partial charge in [0, 0.05) is 11.4 Å². The van der Waals surface area contributed by atoms with Crippen molar-refractivity contribution in [3.8, 4) is 0 Å². The molecule has 0 amide bonds. The van der Waals surface area contributed by atoms with Gasteiger partial charge in [-0.25, -0.2) is 0 Å². The smallest absolute Gasteiger partial charge is 0.332 e. The summed E-state index contributed by atoms with van der Waals surface area (Å²) in [6.45, 7) is 0. The zero-order chi connectivity index (χ0) is 19.7. The standard InChI is InChI=1S/C15H8Cl2F6N2S/c16-11-2-1-9(6-12(11)17)24-13(26)25-10-4-7(14(18,19)20)3-8(5-10)15(21,22)23/h1-6H,(H2,24,25,26). The number of hydrogen-bond donors (Lipinski definition) is 2. The third-order valence-electron chi connectivity index (χ3n) is 3.02. The summed E-state index contributed by atoms with van der Waals surface area (Å²) >= 11 is 16.5. The van der Waals surface area contributed by atoms with E-state index < -0.39 is 29.2 Å². The van der Waals surface area contributed by atoms with Crippen molar-refractivity contribution in [2.75, 3.05) is 10.6 Å². The first kappa shape index (κ1) is 20.6. The Morgan fingerprint density at radius 2 is 1.23 bits per heavy atom. The van der Waals surface area contributed by atoms with Crippen LogP contribution in [-0.4, -0.2) is 5.11 Å². The summed E-state index contributed by atoms with van der Waals surface area (Å²) in [5.74, 6) is 0. The Bertz CT molecular complexity index is 804. The van der Waals surface area contributed by atoms with Crippen molar-refractivity contribution in [2.45, 2.75) is 12.4 Å². The van der Waals surface area contributed by atoms with Crippen molar-refractivity contribution in [1.29, 1.82) is 0 Å².